The Bertz CT molecular complexity index is 1270. The Morgan fingerprint density at radius 2 is 1.80 bits per heavy atom. The predicted octanol–water partition coefficient (Wildman–Crippen LogP) is 4.23. The number of carbonyl (C=O) groups is 1. The maximum Gasteiger partial charge on any atom is 0.225 e. The van der Waals surface area contributed by atoms with Crippen molar-refractivity contribution in [3.63, 3.8) is 0 Å². The first-order valence-electron chi connectivity index (χ1n) is 12.3. The molecular formula is C28H29N5O2. The van der Waals surface area contributed by atoms with Crippen molar-refractivity contribution in [1.82, 2.24) is 25.2 Å². The fourth-order valence-corrected chi connectivity index (χ4v) is 5.54. The molecule has 7 rings (SSSR count). The highest BCUT2D eigenvalue weighted by molar-refractivity contribution is 5.79. The predicted molar refractivity (Wildman–Crippen MR) is 133 cm³/mol. The molecule has 2 aromatic heterocycles. The summed E-state index contributed by atoms with van der Waals surface area (Å²) in [5.41, 5.74) is 4.35. The second-order valence-electron chi connectivity index (χ2n) is 9.61. The van der Waals surface area contributed by atoms with E-state index < -0.39 is 0 Å². The van der Waals surface area contributed by atoms with Crippen molar-refractivity contribution in [2.75, 3.05) is 13.1 Å². The van der Waals surface area contributed by atoms with E-state index in [4.69, 9.17) is 4.42 Å². The number of nitrogens with zero attached hydrogens (tertiary/aromatic N) is 4. The van der Waals surface area contributed by atoms with Crippen molar-refractivity contribution >= 4 is 5.91 Å². The summed E-state index contributed by atoms with van der Waals surface area (Å²) >= 11 is 0. The summed E-state index contributed by atoms with van der Waals surface area (Å²) in [7, 11) is 0. The van der Waals surface area contributed by atoms with Gasteiger partial charge in [0.2, 0.25) is 5.91 Å². The van der Waals surface area contributed by atoms with Gasteiger partial charge in [-0.15, -0.1) is 5.10 Å². The van der Waals surface area contributed by atoms with Crippen LogP contribution >= 0.6 is 0 Å². The van der Waals surface area contributed by atoms with E-state index in [1.807, 2.05) is 29.1 Å². The van der Waals surface area contributed by atoms with Crippen LogP contribution in [-0.2, 0) is 17.9 Å². The van der Waals surface area contributed by atoms with E-state index in [2.05, 4.69) is 69.1 Å². The van der Waals surface area contributed by atoms with E-state index in [1.54, 1.807) is 6.26 Å². The molecule has 7 nitrogen and oxygen atoms in total. The van der Waals surface area contributed by atoms with E-state index in [0.717, 1.165) is 49.5 Å². The molecule has 2 aromatic carbocycles. The topological polar surface area (TPSA) is 76.2 Å². The van der Waals surface area contributed by atoms with E-state index in [-0.39, 0.29) is 11.8 Å². The Labute approximate surface area is 204 Å². The molecule has 7 heteroatoms. The van der Waals surface area contributed by atoms with Gasteiger partial charge in [0, 0.05) is 18.2 Å². The molecule has 0 aliphatic carbocycles. The molecule has 3 saturated heterocycles. The third-order valence-electron chi connectivity index (χ3n) is 7.46. The quantitative estimate of drug-likeness (QED) is 0.440. The molecule has 0 saturated carbocycles. The summed E-state index contributed by atoms with van der Waals surface area (Å²) in [6.07, 6.45) is 5.76. The number of rotatable bonds is 7. The zero-order valence-electron chi connectivity index (χ0n) is 19.6. The normalized spacial score (nSPS) is 23.3. The summed E-state index contributed by atoms with van der Waals surface area (Å²) in [4.78, 5) is 15.3. The van der Waals surface area contributed by atoms with Gasteiger partial charge in [-0.1, -0.05) is 59.8 Å². The standard InChI is InChI=1S/C28H29N5O2/c34-28(29-16-25-7-4-14-35-25)26-18-32-13-12-23(26)15-24(32)17-33-19-27(30-31-33)22-10-8-21(9-11-22)20-5-2-1-3-6-20/h1-11,14,19,23-24,26H,12-13,15-18H2,(H,29,34)/t23-,24-,26+/m1/s1. The first kappa shape index (κ1) is 21.8. The first-order chi connectivity index (χ1) is 17.2. The van der Waals surface area contributed by atoms with Gasteiger partial charge in [-0.2, -0.15) is 0 Å². The number of piperidine rings is 3. The van der Waals surface area contributed by atoms with Crippen molar-refractivity contribution < 1.29 is 9.21 Å². The molecule has 1 N–H and O–H groups in total. The molecule has 3 aliphatic heterocycles. The average Bonchev–Trinajstić information content (AvgIpc) is 3.61. The Morgan fingerprint density at radius 1 is 1.00 bits per heavy atom. The van der Waals surface area contributed by atoms with Gasteiger partial charge in [0.15, 0.2) is 0 Å². The molecule has 3 aliphatic rings. The molecule has 4 atom stereocenters. The molecule has 2 bridgehead atoms. The van der Waals surface area contributed by atoms with Gasteiger partial charge >= 0.3 is 0 Å². The summed E-state index contributed by atoms with van der Waals surface area (Å²) in [5, 5.41) is 11.9. The first-order valence-corrected chi connectivity index (χ1v) is 12.3. The Hall–Kier alpha value is -3.71. The molecule has 35 heavy (non-hydrogen) atoms. The summed E-state index contributed by atoms with van der Waals surface area (Å²) in [6.45, 7) is 3.10. The lowest BCUT2D eigenvalue weighted by molar-refractivity contribution is -0.133. The summed E-state index contributed by atoms with van der Waals surface area (Å²) in [6, 6.07) is 23.0. The minimum Gasteiger partial charge on any atom is -0.467 e. The number of aromatic nitrogens is 3. The lowest BCUT2D eigenvalue weighted by atomic mass is 9.75. The van der Waals surface area contributed by atoms with Gasteiger partial charge in [0.25, 0.3) is 0 Å². The summed E-state index contributed by atoms with van der Waals surface area (Å²) < 4.78 is 7.29. The number of amides is 1. The molecule has 0 radical (unpaired) electrons. The number of hydrogen-bond donors (Lipinski definition) is 1. The fourth-order valence-electron chi connectivity index (χ4n) is 5.54. The van der Waals surface area contributed by atoms with Crippen LogP contribution in [0.1, 0.15) is 18.6 Å². The van der Waals surface area contributed by atoms with Gasteiger partial charge in [0.05, 0.1) is 31.5 Å². The minimum absolute atomic E-state index is 0.0457. The van der Waals surface area contributed by atoms with E-state index >= 15 is 0 Å². The lowest BCUT2D eigenvalue weighted by Gasteiger charge is -2.49. The largest absolute Gasteiger partial charge is 0.467 e. The highest BCUT2D eigenvalue weighted by Crippen LogP contribution is 2.37. The molecule has 178 valence electrons. The van der Waals surface area contributed by atoms with Crippen LogP contribution in [0.3, 0.4) is 0 Å². The lowest BCUT2D eigenvalue weighted by Crippen LogP contribution is -2.57. The van der Waals surface area contributed by atoms with Gasteiger partial charge in [-0.3, -0.25) is 14.4 Å². The second-order valence-corrected chi connectivity index (χ2v) is 9.61. The maximum absolute atomic E-state index is 12.8. The number of furan rings is 1. The van der Waals surface area contributed by atoms with Crippen molar-refractivity contribution in [2.45, 2.75) is 32.0 Å². The van der Waals surface area contributed by atoms with Crippen molar-refractivity contribution in [2.24, 2.45) is 11.8 Å². The number of benzene rings is 2. The van der Waals surface area contributed by atoms with Crippen molar-refractivity contribution in [1.29, 1.82) is 0 Å². The number of carbonyl (C=O) groups excluding carboxylic acids is 1. The van der Waals surface area contributed by atoms with Crippen LogP contribution < -0.4 is 5.32 Å². The SMILES string of the molecule is O=C(NCc1ccco1)[C@H]1CN2CC[C@@H]1C[C@@H]2Cn1cc(-c2ccc(-c3ccccc3)cc2)nn1. The van der Waals surface area contributed by atoms with Crippen LogP contribution in [0, 0.1) is 11.8 Å². The van der Waals surface area contributed by atoms with Gasteiger partial charge in [0.1, 0.15) is 11.5 Å². The molecule has 3 fully saturated rings. The van der Waals surface area contributed by atoms with Crippen LogP contribution in [0.15, 0.2) is 83.6 Å². The Morgan fingerprint density at radius 3 is 2.54 bits per heavy atom. The monoisotopic (exact) mass is 467 g/mol. The molecule has 1 unspecified atom stereocenters. The summed E-state index contributed by atoms with van der Waals surface area (Å²) in [5.74, 6) is 1.38. The van der Waals surface area contributed by atoms with Gasteiger partial charge in [-0.05, 0) is 48.6 Å². The third kappa shape index (κ3) is 4.64. The van der Waals surface area contributed by atoms with Crippen LogP contribution in [0.25, 0.3) is 22.4 Å². The number of fused-ring (bicyclic) bond motifs is 3. The Kier molecular flexibility index (Phi) is 5.92. The van der Waals surface area contributed by atoms with Crippen LogP contribution in [0.4, 0.5) is 0 Å². The van der Waals surface area contributed by atoms with E-state index in [0.29, 0.717) is 18.5 Å². The average molecular weight is 468 g/mol. The highest BCUT2D eigenvalue weighted by atomic mass is 16.3. The van der Waals surface area contributed by atoms with E-state index in [1.165, 1.54) is 11.1 Å². The molecule has 4 aromatic rings. The fraction of sp³-hybridized carbons (Fsp3) is 0.321. The van der Waals surface area contributed by atoms with Gasteiger partial charge in [-0.25, -0.2) is 0 Å². The van der Waals surface area contributed by atoms with Crippen molar-refractivity contribution in [3.05, 3.63) is 85.0 Å². The van der Waals surface area contributed by atoms with Gasteiger partial charge < -0.3 is 9.73 Å². The molecule has 5 heterocycles. The zero-order chi connectivity index (χ0) is 23.6. The Balaban J connectivity index is 1.07. The number of hydrogen-bond acceptors (Lipinski definition) is 5. The minimum atomic E-state index is 0.0457. The van der Waals surface area contributed by atoms with Crippen LogP contribution in [0.2, 0.25) is 0 Å². The van der Waals surface area contributed by atoms with Crippen molar-refractivity contribution in [3.8, 4) is 22.4 Å². The maximum atomic E-state index is 12.8. The van der Waals surface area contributed by atoms with E-state index in [9.17, 15) is 4.79 Å². The highest BCUT2D eigenvalue weighted by Gasteiger charge is 2.43. The number of nitrogens with one attached hydrogen (secondary N) is 1. The smallest absolute Gasteiger partial charge is 0.225 e. The second kappa shape index (κ2) is 9.50. The van der Waals surface area contributed by atoms with Crippen LogP contribution in [-0.4, -0.2) is 44.9 Å². The van der Waals surface area contributed by atoms with Crippen LogP contribution in [0.5, 0.6) is 0 Å². The molecular weight excluding hydrogens is 438 g/mol. The molecule has 1 amide bonds. The molecule has 0 spiro atoms. The zero-order valence-corrected chi connectivity index (χ0v) is 19.6. The third-order valence-corrected chi connectivity index (χ3v) is 7.46.